The van der Waals surface area contributed by atoms with E-state index in [-0.39, 0.29) is 11.8 Å². The first-order valence-corrected chi connectivity index (χ1v) is 10.8. The lowest BCUT2D eigenvalue weighted by Gasteiger charge is -2.33. The van der Waals surface area contributed by atoms with Crippen molar-refractivity contribution in [2.24, 2.45) is 5.92 Å². The van der Waals surface area contributed by atoms with Crippen LogP contribution in [-0.4, -0.2) is 36.2 Å². The molecule has 3 aliphatic heterocycles. The number of para-hydroxylation sites is 1. The van der Waals surface area contributed by atoms with Gasteiger partial charge in [0.2, 0.25) is 5.91 Å². The topological polar surface area (TPSA) is 53.1 Å². The second-order valence-electron chi connectivity index (χ2n) is 8.69. The minimum atomic E-state index is -0.817. The van der Waals surface area contributed by atoms with Crippen LogP contribution >= 0.6 is 0 Å². The second-order valence-corrected chi connectivity index (χ2v) is 8.69. The van der Waals surface area contributed by atoms with Gasteiger partial charge >= 0.3 is 0 Å². The molecule has 0 unspecified atom stereocenters. The van der Waals surface area contributed by atoms with Crippen LogP contribution in [0, 0.1) is 12.8 Å². The molecule has 0 aliphatic carbocycles. The largest absolute Gasteiger partial charge is 0.354 e. The van der Waals surface area contributed by atoms with E-state index in [1.807, 2.05) is 53.6 Å². The van der Waals surface area contributed by atoms with Gasteiger partial charge in [-0.25, -0.2) is 4.90 Å². The molecule has 3 saturated heterocycles. The van der Waals surface area contributed by atoms with Gasteiger partial charge in [-0.15, -0.1) is 0 Å². The number of hydrogen-bond acceptors (Lipinski definition) is 5. The molecular weight excluding hydrogens is 402 g/mol. The predicted molar refractivity (Wildman–Crippen MR) is 121 cm³/mol. The van der Waals surface area contributed by atoms with Crippen LogP contribution < -0.4 is 9.80 Å². The number of carbonyl (C=O) groups is 2. The summed E-state index contributed by atoms with van der Waals surface area (Å²) in [5.41, 5.74) is 3.09. The van der Waals surface area contributed by atoms with E-state index in [0.717, 1.165) is 11.3 Å². The van der Waals surface area contributed by atoms with Crippen LogP contribution in [0.5, 0.6) is 0 Å². The molecular formula is C26H23N3O3. The zero-order valence-electron chi connectivity index (χ0n) is 17.7. The number of fused-ring (bicyclic) bond motifs is 3. The number of amides is 2. The number of carbonyl (C=O) groups excluding carboxylic acids is 2. The van der Waals surface area contributed by atoms with Crippen molar-refractivity contribution in [3.8, 4) is 0 Å². The summed E-state index contributed by atoms with van der Waals surface area (Å²) in [6.07, 6.45) is -0.817. The van der Waals surface area contributed by atoms with Gasteiger partial charge in [0.15, 0.2) is 6.10 Å². The fourth-order valence-corrected chi connectivity index (χ4v) is 5.33. The molecule has 160 valence electrons. The van der Waals surface area contributed by atoms with Crippen LogP contribution in [-0.2, 0) is 20.0 Å². The summed E-state index contributed by atoms with van der Waals surface area (Å²) in [5, 5.41) is 1.86. The minimum Gasteiger partial charge on any atom is -0.354 e. The summed E-state index contributed by atoms with van der Waals surface area (Å²) in [6, 6.07) is 27.4. The fourth-order valence-electron chi connectivity index (χ4n) is 5.33. The van der Waals surface area contributed by atoms with E-state index < -0.39 is 17.6 Å². The molecule has 3 aliphatic rings. The van der Waals surface area contributed by atoms with Crippen molar-refractivity contribution in [1.29, 1.82) is 0 Å². The average Bonchev–Trinajstić information content (AvgIpc) is 3.42. The molecule has 6 nitrogen and oxygen atoms in total. The normalized spacial score (nSPS) is 27.2. The summed E-state index contributed by atoms with van der Waals surface area (Å²) in [7, 11) is 0. The Bertz CT molecular complexity index is 1180. The van der Waals surface area contributed by atoms with Gasteiger partial charge in [-0.1, -0.05) is 66.2 Å². The Hall–Kier alpha value is -3.48. The van der Waals surface area contributed by atoms with Gasteiger partial charge in [0, 0.05) is 12.2 Å². The van der Waals surface area contributed by atoms with Crippen molar-refractivity contribution in [2.45, 2.75) is 18.6 Å². The Morgan fingerprint density at radius 1 is 0.812 bits per heavy atom. The van der Waals surface area contributed by atoms with E-state index in [9.17, 15) is 9.59 Å². The lowest BCUT2D eigenvalue weighted by atomic mass is 9.77. The highest BCUT2D eigenvalue weighted by atomic mass is 16.7. The molecule has 0 bridgehead atoms. The number of rotatable bonds is 3. The molecule has 3 atom stereocenters. The summed E-state index contributed by atoms with van der Waals surface area (Å²) in [4.78, 5) is 36.9. The van der Waals surface area contributed by atoms with Crippen LogP contribution in [0.25, 0.3) is 0 Å². The molecule has 32 heavy (non-hydrogen) atoms. The molecule has 3 aromatic rings. The van der Waals surface area contributed by atoms with Crippen molar-refractivity contribution in [3.63, 3.8) is 0 Å². The van der Waals surface area contributed by atoms with Crippen molar-refractivity contribution in [2.75, 3.05) is 23.0 Å². The standard InChI is InChI=1S/C26H23N3O3/c1-18-12-14-20(15-13-18)27-16-26(19-8-4-2-5-9-19)22-23(32-28(26)17-27)25(31)29(24(22)30)21-10-6-3-7-11-21/h2-15,22-23H,16-17H2,1H3/t22-,23+,26-/m0/s1. The lowest BCUT2D eigenvalue weighted by Crippen LogP contribution is -2.47. The van der Waals surface area contributed by atoms with Crippen molar-refractivity contribution in [3.05, 3.63) is 96.1 Å². The van der Waals surface area contributed by atoms with Crippen LogP contribution in [0.3, 0.4) is 0 Å². The van der Waals surface area contributed by atoms with Crippen molar-refractivity contribution >= 4 is 23.2 Å². The predicted octanol–water partition coefficient (Wildman–Crippen LogP) is 3.47. The van der Waals surface area contributed by atoms with Crippen LogP contribution in [0.2, 0.25) is 0 Å². The Labute approximate surface area is 186 Å². The van der Waals surface area contributed by atoms with E-state index in [1.165, 1.54) is 10.5 Å². The third kappa shape index (κ3) is 2.60. The van der Waals surface area contributed by atoms with Crippen molar-refractivity contribution in [1.82, 2.24) is 5.06 Å². The van der Waals surface area contributed by atoms with Gasteiger partial charge in [-0.05, 0) is 36.8 Å². The SMILES string of the molecule is Cc1ccc(N2CN3O[C@H]4C(=O)N(c5ccccc5)C(=O)[C@H]4[C@@]3(c3ccccc3)C2)cc1. The van der Waals surface area contributed by atoms with Crippen LogP contribution in [0.1, 0.15) is 11.1 Å². The molecule has 3 fully saturated rings. The first-order valence-electron chi connectivity index (χ1n) is 10.8. The maximum atomic E-state index is 13.8. The highest BCUT2D eigenvalue weighted by Gasteiger charge is 2.70. The summed E-state index contributed by atoms with van der Waals surface area (Å²) >= 11 is 0. The quantitative estimate of drug-likeness (QED) is 0.602. The monoisotopic (exact) mass is 425 g/mol. The minimum absolute atomic E-state index is 0.205. The van der Waals surface area contributed by atoms with Crippen LogP contribution in [0.15, 0.2) is 84.9 Å². The third-order valence-corrected chi connectivity index (χ3v) is 6.87. The summed E-state index contributed by atoms with van der Waals surface area (Å²) < 4.78 is 0. The van der Waals surface area contributed by atoms with Gasteiger partial charge < -0.3 is 4.90 Å². The zero-order chi connectivity index (χ0) is 21.9. The van der Waals surface area contributed by atoms with Crippen LogP contribution in [0.4, 0.5) is 11.4 Å². The number of hydroxylamine groups is 2. The highest BCUT2D eigenvalue weighted by Crippen LogP contribution is 2.53. The van der Waals surface area contributed by atoms with E-state index in [2.05, 4.69) is 36.1 Å². The van der Waals surface area contributed by atoms with E-state index >= 15 is 0 Å². The molecule has 6 heteroatoms. The van der Waals surface area contributed by atoms with Gasteiger partial charge in [-0.3, -0.25) is 14.4 Å². The molecule has 0 spiro atoms. The van der Waals surface area contributed by atoms with Gasteiger partial charge in [-0.2, -0.15) is 5.06 Å². The summed E-state index contributed by atoms with van der Waals surface area (Å²) in [5.74, 6) is -1.12. The smallest absolute Gasteiger partial charge is 0.265 e. The maximum Gasteiger partial charge on any atom is 0.265 e. The molecule has 0 aromatic heterocycles. The van der Waals surface area contributed by atoms with Gasteiger partial charge in [0.25, 0.3) is 5.91 Å². The van der Waals surface area contributed by atoms with E-state index in [0.29, 0.717) is 18.9 Å². The van der Waals surface area contributed by atoms with E-state index in [4.69, 9.17) is 4.84 Å². The molecule has 0 saturated carbocycles. The molecule has 2 amide bonds. The van der Waals surface area contributed by atoms with Crippen molar-refractivity contribution < 1.29 is 14.4 Å². The van der Waals surface area contributed by atoms with E-state index in [1.54, 1.807) is 12.1 Å². The molecule has 3 heterocycles. The number of imide groups is 1. The Kier molecular flexibility index (Phi) is 4.22. The molecule has 3 aromatic carbocycles. The molecule has 6 rings (SSSR count). The number of hydrogen-bond donors (Lipinski definition) is 0. The number of anilines is 2. The maximum absolute atomic E-state index is 13.8. The molecule has 0 N–H and O–H groups in total. The Morgan fingerprint density at radius 3 is 2.16 bits per heavy atom. The second kappa shape index (κ2) is 7.02. The number of aryl methyl sites for hydroxylation is 1. The first kappa shape index (κ1) is 19.2. The molecule has 0 radical (unpaired) electrons. The Morgan fingerprint density at radius 2 is 1.47 bits per heavy atom. The van der Waals surface area contributed by atoms with Gasteiger partial charge in [0.1, 0.15) is 11.5 Å². The highest BCUT2D eigenvalue weighted by molar-refractivity contribution is 6.24. The average molecular weight is 425 g/mol. The lowest BCUT2D eigenvalue weighted by molar-refractivity contribution is -0.177. The number of benzene rings is 3. The Balaban J connectivity index is 1.45. The third-order valence-electron chi connectivity index (χ3n) is 6.87. The first-order chi connectivity index (χ1) is 15.6. The fraction of sp³-hybridized carbons (Fsp3) is 0.231. The van der Waals surface area contributed by atoms with Gasteiger partial charge in [0.05, 0.1) is 12.4 Å². The zero-order valence-corrected chi connectivity index (χ0v) is 17.7. The number of nitrogens with zero attached hydrogens (tertiary/aromatic N) is 3. The summed E-state index contributed by atoms with van der Waals surface area (Å²) in [6.45, 7) is 3.10.